The van der Waals surface area contributed by atoms with Crippen LogP contribution in [-0.2, 0) is 0 Å². The fourth-order valence-electron chi connectivity index (χ4n) is 0.205. The Labute approximate surface area is 62.5 Å². The largest absolute Gasteiger partial charge is 0.364 e. The van der Waals surface area contributed by atoms with Gasteiger partial charge in [0, 0.05) is 0 Å². The molecule has 0 aliphatic rings. The Bertz CT molecular complexity index is 203. The normalized spacial score (nSPS) is 11.1. The molecule has 0 aliphatic carbocycles. The average Bonchev–Trinajstić information content (AvgIpc) is 1.85. The molecule has 0 heterocycles. The first-order valence-electron chi connectivity index (χ1n) is 2.09. The zero-order chi connectivity index (χ0) is 9.23. The van der Waals surface area contributed by atoms with Crippen LogP contribution in [0.1, 0.15) is 0 Å². The summed E-state index contributed by atoms with van der Waals surface area (Å²) in [6, 6.07) is 0. The van der Waals surface area contributed by atoms with Crippen LogP contribution in [0.5, 0.6) is 0 Å². The lowest BCUT2D eigenvalue weighted by Gasteiger charge is -2.07. The molecule has 7 heteroatoms. The summed E-state index contributed by atoms with van der Waals surface area (Å²) in [7, 11) is 0. The van der Waals surface area contributed by atoms with Gasteiger partial charge in [-0.25, -0.2) is 0 Å². The molecule has 0 aliphatic heterocycles. The molecular weight excluding hydrogens is 194 g/mol. The van der Waals surface area contributed by atoms with Crippen molar-refractivity contribution in [3.8, 4) is 0 Å². The second kappa shape index (κ2) is 3.21. The molecule has 0 aromatic heterocycles. The molecular formula is C4F6S. The Balaban J connectivity index is 4.86. The molecule has 0 nitrogen and oxygen atoms in total. The van der Waals surface area contributed by atoms with Crippen molar-refractivity contribution < 1.29 is 26.3 Å². The van der Waals surface area contributed by atoms with Crippen molar-refractivity contribution in [1.82, 2.24) is 0 Å². The van der Waals surface area contributed by atoms with Crippen LogP contribution in [0.15, 0.2) is 11.9 Å². The highest BCUT2D eigenvalue weighted by Gasteiger charge is 2.44. The van der Waals surface area contributed by atoms with Gasteiger partial charge < -0.3 is 0 Å². The van der Waals surface area contributed by atoms with E-state index in [4.69, 9.17) is 0 Å². The third-order valence-electron chi connectivity index (χ3n) is 0.688. The molecule has 0 saturated carbocycles. The predicted octanol–water partition coefficient (Wildman–Crippen LogP) is 3.00. The van der Waals surface area contributed by atoms with E-state index in [1.54, 1.807) is 0 Å². The topological polar surface area (TPSA) is 0 Å². The van der Waals surface area contributed by atoms with Crippen LogP contribution >= 0.6 is 12.2 Å². The summed E-state index contributed by atoms with van der Waals surface area (Å²) in [5.74, 6) is -8.14. The second-order valence-corrected chi connectivity index (χ2v) is 1.78. The number of alkyl halides is 2. The Morgan fingerprint density at radius 1 is 1.00 bits per heavy atom. The van der Waals surface area contributed by atoms with Crippen molar-refractivity contribution in [2.45, 2.75) is 5.92 Å². The maximum absolute atomic E-state index is 11.8. The molecule has 0 bridgehead atoms. The van der Waals surface area contributed by atoms with Gasteiger partial charge in [-0.05, 0) is 12.2 Å². The fraction of sp³-hybridized carbons (Fsp3) is 0.250. The molecule has 0 spiro atoms. The van der Waals surface area contributed by atoms with Gasteiger partial charge in [-0.15, -0.1) is 0 Å². The predicted molar refractivity (Wildman–Crippen MR) is 29.0 cm³/mol. The molecule has 64 valence electrons. The van der Waals surface area contributed by atoms with Crippen LogP contribution < -0.4 is 0 Å². The van der Waals surface area contributed by atoms with Crippen LogP contribution in [0.3, 0.4) is 0 Å². The summed E-state index contributed by atoms with van der Waals surface area (Å²) in [4.78, 5) is 0. The molecule has 0 aromatic carbocycles. The van der Waals surface area contributed by atoms with Gasteiger partial charge >= 0.3 is 12.0 Å². The summed E-state index contributed by atoms with van der Waals surface area (Å²) in [5.41, 5.74) is 0. The monoisotopic (exact) mass is 194 g/mol. The summed E-state index contributed by atoms with van der Waals surface area (Å²) >= 11 is 3.20. The van der Waals surface area contributed by atoms with Gasteiger partial charge in [-0.3, -0.25) is 0 Å². The minimum atomic E-state index is -4.99. The van der Waals surface area contributed by atoms with Crippen LogP contribution in [0.2, 0.25) is 0 Å². The third-order valence-corrected chi connectivity index (χ3v) is 0.945. The minimum absolute atomic E-state index is 2.62. The molecule has 0 unspecified atom stereocenters. The van der Waals surface area contributed by atoms with Crippen LogP contribution in [0.25, 0.3) is 0 Å². The number of hydrogen-bond acceptors (Lipinski definition) is 1. The Kier molecular flexibility index (Phi) is 3.03. The molecule has 0 rings (SSSR count). The maximum atomic E-state index is 11.8. The van der Waals surface area contributed by atoms with E-state index in [2.05, 4.69) is 12.2 Å². The lowest BCUT2D eigenvalue weighted by molar-refractivity contribution is 0.0748. The highest BCUT2D eigenvalue weighted by Crippen LogP contribution is 2.31. The summed E-state index contributed by atoms with van der Waals surface area (Å²) < 4.78 is 68.8. The van der Waals surface area contributed by atoms with E-state index in [1.165, 1.54) is 0 Å². The lowest BCUT2D eigenvalue weighted by atomic mass is 10.3. The molecule has 0 atom stereocenters. The Morgan fingerprint density at radius 2 is 1.36 bits per heavy atom. The first kappa shape index (κ1) is 10.4. The summed E-state index contributed by atoms with van der Waals surface area (Å²) in [5, 5.41) is -2.62. The van der Waals surface area contributed by atoms with Crippen molar-refractivity contribution in [2.24, 2.45) is 0 Å². The molecule has 0 aromatic rings. The van der Waals surface area contributed by atoms with E-state index >= 15 is 0 Å². The first-order valence-corrected chi connectivity index (χ1v) is 2.50. The molecule has 0 amide bonds. The van der Waals surface area contributed by atoms with Gasteiger partial charge in [0.15, 0.2) is 0 Å². The van der Waals surface area contributed by atoms with E-state index < -0.39 is 22.9 Å². The van der Waals surface area contributed by atoms with Crippen molar-refractivity contribution in [1.29, 1.82) is 0 Å². The van der Waals surface area contributed by atoms with E-state index in [9.17, 15) is 26.3 Å². The highest BCUT2D eigenvalue weighted by atomic mass is 32.1. The van der Waals surface area contributed by atoms with Gasteiger partial charge in [0.2, 0.25) is 10.9 Å². The van der Waals surface area contributed by atoms with Crippen molar-refractivity contribution in [3.63, 3.8) is 0 Å². The lowest BCUT2D eigenvalue weighted by Crippen LogP contribution is -2.24. The van der Waals surface area contributed by atoms with E-state index in [0.29, 0.717) is 0 Å². The number of hydrogen-bond donors (Lipinski definition) is 0. The smallest absolute Gasteiger partial charge is 0.199 e. The standard InChI is InChI=1S/C4F6S/c5-1(2(6)7)4(9,10)3(8)11. The molecule has 0 saturated heterocycles. The number of halogens is 6. The quantitative estimate of drug-likeness (QED) is 0.370. The average molecular weight is 194 g/mol. The first-order chi connectivity index (χ1) is 4.80. The minimum Gasteiger partial charge on any atom is -0.199 e. The van der Waals surface area contributed by atoms with Crippen molar-refractivity contribution in [3.05, 3.63) is 11.9 Å². The van der Waals surface area contributed by atoms with E-state index in [1.807, 2.05) is 0 Å². The summed E-state index contributed by atoms with van der Waals surface area (Å²) in [6.07, 6.45) is -3.28. The van der Waals surface area contributed by atoms with Gasteiger partial charge in [0.25, 0.3) is 0 Å². The van der Waals surface area contributed by atoms with Crippen LogP contribution in [0, 0.1) is 0 Å². The van der Waals surface area contributed by atoms with Crippen LogP contribution in [0.4, 0.5) is 26.3 Å². The zero-order valence-corrected chi connectivity index (χ0v) is 5.49. The SMILES string of the molecule is FC(=S)C(F)(F)C(F)=C(F)F. The van der Waals surface area contributed by atoms with E-state index in [0.717, 1.165) is 0 Å². The number of rotatable bonds is 2. The Hall–Kier alpha value is -0.590. The molecule has 0 radical (unpaired) electrons. The summed E-state index contributed by atoms with van der Waals surface area (Å²) in [6.45, 7) is 0. The van der Waals surface area contributed by atoms with Crippen LogP contribution in [-0.4, -0.2) is 11.0 Å². The number of allylic oxidation sites excluding steroid dienone is 1. The number of thiocarbonyl (C=S) groups is 1. The molecule has 11 heavy (non-hydrogen) atoms. The van der Waals surface area contributed by atoms with Gasteiger partial charge in [-0.1, -0.05) is 0 Å². The molecule has 0 N–H and O–H groups in total. The van der Waals surface area contributed by atoms with Crippen molar-refractivity contribution in [2.75, 3.05) is 0 Å². The third kappa shape index (κ3) is 2.18. The van der Waals surface area contributed by atoms with Gasteiger partial charge in [-0.2, -0.15) is 26.3 Å². The van der Waals surface area contributed by atoms with Gasteiger partial charge in [0.1, 0.15) is 0 Å². The van der Waals surface area contributed by atoms with E-state index in [-0.39, 0.29) is 0 Å². The van der Waals surface area contributed by atoms with Gasteiger partial charge in [0.05, 0.1) is 0 Å². The van der Waals surface area contributed by atoms with Crippen molar-refractivity contribution >= 4 is 17.3 Å². The highest BCUT2D eigenvalue weighted by molar-refractivity contribution is 7.80. The molecule has 0 fully saturated rings. The Morgan fingerprint density at radius 3 is 1.45 bits per heavy atom. The maximum Gasteiger partial charge on any atom is 0.364 e. The zero-order valence-electron chi connectivity index (χ0n) is 4.68. The fourth-order valence-corrected chi connectivity index (χ4v) is 0.295. The second-order valence-electron chi connectivity index (χ2n) is 1.42.